The monoisotopic (exact) mass is 252 g/mol. The Hall–Kier alpha value is -1.24. The van der Waals surface area contributed by atoms with Crippen molar-refractivity contribution in [2.75, 3.05) is 13.1 Å². The molecule has 0 rings (SSSR count). The lowest BCUT2D eigenvalue weighted by molar-refractivity contribution is 0.196. The Kier molecular flexibility index (Phi) is 9.08. The van der Waals surface area contributed by atoms with Crippen molar-refractivity contribution in [2.45, 2.75) is 52.9 Å². The van der Waals surface area contributed by atoms with E-state index in [1.807, 2.05) is 0 Å². The Morgan fingerprint density at radius 1 is 1.17 bits per heavy atom. The summed E-state index contributed by atoms with van der Waals surface area (Å²) in [6, 6.07) is 0. The van der Waals surface area contributed by atoms with Crippen molar-refractivity contribution >= 4 is 12.2 Å². The smallest absolute Gasteiger partial charge is 0.211 e. The summed E-state index contributed by atoms with van der Waals surface area (Å²) in [5, 5.41) is 0. The molecule has 102 valence electrons. The largest absolute Gasteiger partial charge is 0.234 e. The molecule has 0 aliphatic carbocycles. The van der Waals surface area contributed by atoms with Gasteiger partial charge < -0.3 is 0 Å². The summed E-state index contributed by atoms with van der Waals surface area (Å²) >= 11 is 0. The maximum atomic E-state index is 10.3. The third-order valence-electron chi connectivity index (χ3n) is 3.59. The molecule has 0 spiro atoms. The first kappa shape index (κ1) is 16.8. The van der Waals surface area contributed by atoms with Crippen LogP contribution in [-0.2, 0) is 9.59 Å². The number of rotatable bonds is 10. The van der Waals surface area contributed by atoms with Gasteiger partial charge in [0, 0.05) is 0 Å². The molecule has 0 aliphatic heterocycles. The van der Waals surface area contributed by atoms with Crippen LogP contribution in [0.2, 0.25) is 0 Å². The molecule has 0 saturated heterocycles. The lowest BCUT2D eigenvalue weighted by atomic mass is 9.73. The van der Waals surface area contributed by atoms with E-state index in [1.165, 1.54) is 0 Å². The van der Waals surface area contributed by atoms with Gasteiger partial charge in [0.1, 0.15) is 0 Å². The molecule has 2 atom stereocenters. The van der Waals surface area contributed by atoms with E-state index in [-0.39, 0.29) is 5.41 Å². The van der Waals surface area contributed by atoms with E-state index in [0.29, 0.717) is 19.0 Å². The highest BCUT2D eigenvalue weighted by molar-refractivity contribution is 5.33. The van der Waals surface area contributed by atoms with Gasteiger partial charge in [0.2, 0.25) is 12.2 Å². The molecule has 2 unspecified atom stereocenters. The lowest BCUT2D eigenvalue weighted by Gasteiger charge is -2.33. The lowest BCUT2D eigenvalue weighted by Crippen LogP contribution is -2.26. The number of aliphatic imine (C=N–C) groups is 2. The molecule has 0 aromatic heterocycles. The highest BCUT2D eigenvalue weighted by atomic mass is 16.1. The van der Waals surface area contributed by atoms with Crippen LogP contribution in [0.3, 0.4) is 0 Å². The van der Waals surface area contributed by atoms with Crippen LogP contribution in [0.15, 0.2) is 9.98 Å². The molecule has 0 saturated carbocycles. The van der Waals surface area contributed by atoms with Crippen LogP contribution in [0.4, 0.5) is 0 Å². The molecular formula is C14H24N2O2. The Morgan fingerprint density at radius 3 is 2.33 bits per heavy atom. The van der Waals surface area contributed by atoms with Crippen molar-refractivity contribution < 1.29 is 9.59 Å². The molecule has 0 amide bonds. The molecule has 4 nitrogen and oxygen atoms in total. The molecule has 0 aliphatic rings. The quantitative estimate of drug-likeness (QED) is 0.442. The third kappa shape index (κ3) is 6.48. The molecule has 0 fully saturated rings. The highest BCUT2D eigenvalue weighted by Gasteiger charge is 2.29. The minimum atomic E-state index is 0.0937. The van der Waals surface area contributed by atoms with Crippen molar-refractivity contribution in [3.63, 3.8) is 0 Å². The minimum absolute atomic E-state index is 0.0937. The fourth-order valence-electron chi connectivity index (χ4n) is 2.58. The summed E-state index contributed by atoms with van der Waals surface area (Å²) in [7, 11) is 0. The first-order valence-corrected chi connectivity index (χ1v) is 6.71. The number of nitrogens with zero attached hydrogens (tertiary/aromatic N) is 2. The van der Waals surface area contributed by atoms with E-state index in [0.717, 1.165) is 32.1 Å². The molecule has 18 heavy (non-hydrogen) atoms. The SMILES string of the molecule is CCCC(CC)(CN=C=O)CC(C)CCN=C=O. The standard InChI is InChI=1S/C14H24N2O2/c1-4-7-14(5-2,10-16-12-18)9-13(3)6-8-15-11-17/h13H,4-10H2,1-3H3. The first-order valence-electron chi connectivity index (χ1n) is 6.71. The molecule has 4 heteroatoms. The maximum Gasteiger partial charge on any atom is 0.234 e. The number of carbonyl (C=O) groups excluding carboxylic acids is 2. The second-order valence-corrected chi connectivity index (χ2v) is 5.08. The summed E-state index contributed by atoms with van der Waals surface area (Å²) in [5.41, 5.74) is 0.0937. The van der Waals surface area contributed by atoms with Crippen LogP contribution in [0.25, 0.3) is 0 Å². The van der Waals surface area contributed by atoms with Gasteiger partial charge in [-0.05, 0) is 37.0 Å². The Balaban J connectivity index is 4.53. The van der Waals surface area contributed by atoms with Gasteiger partial charge in [0.05, 0.1) is 13.1 Å². The van der Waals surface area contributed by atoms with Gasteiger partial charge in [-0.15, -0.1) is 0 Å². The zero-order chi connectivity index (χ0) is 13.9. The Bertz CT molecular complexity index is 318. The van der Waals surface area contributed by atoms with Crippen LogP contribution in [0.5, 0.6) is 0 Å². The van der Waals surface area contributed by atoms with Crippen LogP contribution >= 0.6 is 0 Å². The van der Waals surface area contributed by atoms with Gasteiger partial charge >= 0.3 is 0 Å². The van der Waals surface area contributed by atoms with Crippen LogP contribution in [-0.4, -0.2) is 25.2 Å². The predicted molar refractivity (Wildman–Crippen MR) is 72.0 cm³/mol. The van der Waals surface area contributed by atoms with Crippen molar-refractivity contribution in [1.29, 1.82) is 0 Å². The molecule has 0 bridgehead atoms. The predicted octanol–water partition coefficient (Wildman–Crippen LogP) is 3.27. The molecule has 0 aromatic rings. The highest BCUT2D eigenvalue weighted by Crippen LogP contribution is 2.36. The van der Waals surface area contributed by atoms with Crippen LogP contribution in [0, 0.1) is 11.3 Å². The van der Waals surface area contributed by atoms with Gasteiger partial charge in [-0.25, -0.2) is 19.6 Å². The summed E-state index contributed by atoms with van der Waals surface area (Å²) in [5.74, 6) is 0.468. The fraction of sp³-hybridized carbons (Fsp3) is 0.857. The molecule has 0 aromatic carbocycles. The molecular weight excluding hydrogens is 228 g/mol. The molecule has 0 heterocycles. The van der Waals surface area contributed by atoms with Crippen molar-refractivity contribution in [3.05, 3.63) is 0 Å². The number of hydrogen-bond acceptors (Lipinski definition) is 4. The fourth-order valence-corrected chi connectivity index (χ4v) is 2.58. The Morgan fingerprint density at radius 2 is 1.83 bits per heavy atom. The van der Waals surface area contributed by atoms with Crippen LogP contribution < -0.4 is 0 Å². The summed E-state index contributed by atoms with van der Waals surface area (Å²) in [6.45, 7) is 7.54. The van der Waals surface area contributed by atoms with Crippen molar-refractivity contribution in [3.8, 4) is 0 Å². The summed E-state index contributed by atoms with van der Waals surface area (Å²) in [4.78, 5) is 27.7. The van der Waals surface area contributed by atoms with Gasteiger partial charge in [-0.2, -0.15) is 0 Å². The topological polar surface area (TPSA) is 58.9 Å². The van der Waals surface area contributed by atoms with Gasteiger partial charge in [0.15, 0.2) is 0 Å². The Labute approximate surface area is 110 Å². The molecule has 0 N–H and O–H groups in total. The maximum absolute atomic E-state index is 10.3. The second kappa shape index (κ2) is 9.76. The first-order chi connectivity index (χ1) is 8.64. The van der Waals surface area contributed by atoms with E-state index < -0.39 is 0 Å². The third-order valence-corrected chi connectivity index (χ3v) is 3.59. The average molecular weight is 252 g/mol. The zero-order valence-electron chi connectivity index (χ0n) is 11.7. The number of hydrogen-bond donors (Lipinski definition) is 0. The minimum Gasteiger partial charge on any atom is -0.211 e. The molecule has 0 radical (unpaired) electrons. The van der Waals surface area contributed by atoms with Crippen molar-refractivity contribution in [1.82, 2.24) is 0 Å². The van der Waals surface area contributed by atoms with E-state index >= 15 is 0 Å². The van der Waals surface area contributed by atoms with Crippen molar-refractivity contribution in [2.24, 2.45) is 21.3 Å². The number of isocyanates is 2. The van der Waals surface area contributed by atoms with Gasteiger partial charge in [0.25, 0.3) is 0 Å². The van der Waals surface area contributed by atoms with E-state index in [4.69, 9.17) is 0 Å². The zero-order valence-corrected chi connectivity index (χ0v) is 11.7. The van der Waals surface area contributed by atoms with E-state index in [1.54, 1.807) is 12.2 Å². The van der Waals surface area contributed by atoms with Gasteiger partial charge in [-0.1, -0.05) is 27.2 Å². The summed E-state index contributed by atoms with van der Waals surface area (Å²) < 4.78 is 0. The second-order valence-electron chi connectivity index (χ2n) is 5.08. The van der Waals surface area contributed by atoms with Gasteiger partial charge in [-0.3, -0.25) is 0 Å². The summed E-state index contributed by atoms with van der Waals surface area (Å²) in [6.07, 6.45) is 8.26. The van der Waals surface area contributed by atoms with E-state index in [9.17, 15) is 9.59 Å². The van der Waals surface area contributed by atoms with Crippen LogP contribution in [0.1, 0.15) is 52.9 Å². The normalized spacial score (nSPS) is 15.1. The average Bonchev–Trinajstić information content (AvgIpc) is 2.36. The van der Waals surface area contributed by atoms with E-state index in [2.05, 4.69) is 30.8 Å².